The molecular formula is C25H25ClFN5O3. The predicted octanol–water partition coefficient (Wildman–Crippen LogP) is 4.37. The van der Waals surface area contributed by atoms with E-state index in [1.807, 2.05) is 0 Å². The average molecular weight is 498 g/mol. The summed E-state index contributed by atoms with van der Waals surface area (Å²) in [7, 11) is 0. The third-order valence-electron chi connectivity index (χ3n) is 5.77. The highest BCUT2D eigenvalue weighted by molar-refractivity contribution is 6.30. The Balaban J connectivity index is 1.59. The number of hydrogen-bond donors (Lipinski definition) is 2. The highest BCUT2D eigenvalue weighted by atomic mass is 35.5. The molecule has 0 saturated carbocycles. The van der Waals surface area contributed by atoms with E-state index < -0.39 is 12.6 Å². The van der Waals surface area contributed by atoms with Crippen LogP contribution in [0.4, 0.5) is 10.2 Å². The minimum absolute atomic E-state index is 0.122. The number of piperidine rings is 1. The lowest BCUT2D eigenvalue weighted by Crippen LogP contribution is -2.40. The molecule has 0 unspecified atom stereocenters. The zero-order valence-electron chi connectivity index (χ0n) is 18.9. The lowest BCUT2D eigenvalue weighted by molar-refractivity contribution is -0.127. The number of nitrogens with zero attached hydrogens (tertiary/aromatic N) is 3. The van der Waals surface area contributed by atoms with E-state index in [9.17, 15) is 14.0 Å². The van der Waals surface area contributed by atoms with Crippen molar-refractivity contribution in [3.8, 4) is 22.8 Å². The number of amides is 2. The molecule has 2 heterocycles. The first-order valence-electron chi connectivity index (χ1n) is 11.1. The van der Waals surface area contributed by atoms with Crippen LogP contribution >= 0.6 is 11.6 Å². The van der Waals surface area contributed by atoms with Crippen LogP contribution in [0.15, 0.2) is 60.7 Å². The molecule has 1 aliphatic heterocycles. The van der Waals surface area contributed by atoms with Gasteiger partial charge in [-0.3, -0.25) is 9.59 Å². The summed E-state index contributed by atoms with van der Waals surface area (Å²) in [5.74, 6) is 0.398. The summed E-state index contributed by atoms with van der Waals surface area (Å²) in [4.78, 5) is 26.2. The van der Waals surface area contributed by atoms with Gasteiger partial charge in [-0.2, -0.15) is 5.10 Å². The van der Waals surface area contributed by atoms with Crippen LogP contribution in [0.3, 0.4) is 0 Å². The number of rotatable bonds is 7. The van der Waals surface area contributed by atoms with E-state index in [0.29, 0.717) is 47.3 Å². The zero-order valence-corrected chi connectivity index (χ0v) is 19.6. The first-order chi connectivity index (χ1) is 16.9. The second-order valence-electron chi connectivity index (χ2n) is 8.14. The fraction of sp³-hybridized carbons (Fsp3) is 0.240. The number of halogens is 2. The number of allylic oxidation sites excluding steroid dienone is 1. The maximum absolute atomic E-state index is 12.4. The molecule has 0 radical (unpaired) electrons. The van der Waals surface area contributed by atoms with Gasteiger partial charge in [-0.15, -0.1) is 0 Å². The van der Waals surface area contributed by atoms with Crippen LogP contribution in [0.5, 0.6) is 11.5 Å². The van der Waals surface area contributed by atoms with Crippen molar-refractivity contribution in [2.24, 2.45) is 5.73 Å². The van der Waals surface area contributed by atoms with E-state index in [1.165, 1.54) is 12.2 Å². The topological polar surface area (TPSA) is 116 Å². The van der Waals surface area contributed by atoms with Gasteiger partial charge in [0, 0.05) is 29.8 Å². The molecule has 0 bridgehead atoms. The Morgan fingerprint density at radius 1 is 1.14 bits per heavy atom. The molecule has 1 saturated heterocycles. The normalized spacial score (nSPS) is 15.9. The number of nitrogen functional groups attached to an aromatic ring is 1. The van der Waals surface area contributed by atoms with Gasteiger partial charge in [0.1, 0.15) is 35.2 Å². The Morgan fingerprint density at radius 2 is 1.80 bits per heavy atom. The van der Waals surface area contributed by atoms with Gasteiger partial charge >= 0.3 is 0 Å². The van der Waals surface area contributed by atoms with E-state index in [-0.39, 0.29) is 23.3 Å². The van der Waals surface area contributed by atoms with Gasteiger partial charge in [0.25, 0.3) is 5.91 Å². The van der Waals surface area contributed by atoms with Crippen LogP contribution in [0.25, 0.3) is 11.3 Å². The molecule has 182 valence electrons. The second-order valence-corrected chi connectivity index (χ2v) is 8.57. The fourth-order valence-electron chi connectivity index (χ4n) is 4.10. The first kappa shape index (κ1) is 24.3. The minimum atomic E-state index is -0.704. The molecule has 0 spiro atoms. The van der Waals surface area contributed by atoms with Gasteiger partial charge in [-0.1, -0.05) is 11.6 Å². The molecule has 35 heavy (non-hydrogen) atoms. The summed E-state index contributed by atoms with van der Waals surface area (Å²) in [6, 6.07) is 13.8. The number of anilines is 1. The second kappa shape index (κ2) is 10.6. The third kappa shape index (κ3) is 5.46. The third-order valence-corrected chi connectivity index (χ3v) is 6.03. The average Bonchev–Trinajstić information content (AvgIpc) is 3.21. The highest BCUT2D eigenvalue weighted by Crippen LogP contribution is 2.33. The fourth-order valence-corrected chi connectivity index (χ4v) is 4.22. The summed E-state index contributed by atoms with van der Waals surface area (Å²) in [5, 5.41) is 5.24. The van der Waals surface area contributed by atoms with Crippen LogP contribution in [0.1, 0.15) is 29.2 Å². The molecular weight excluding hydrogens is 473 g/mol. The van der Waals surface area contributed by atoms with Crippen molar-refractivity contribution in [1.29, 1.82) is 0 Å². The number of benzene rings is 2. The maximum Gasteiger partial charge on any atom is 0.254 e. The number of primary amides is 1. The number of carbonyl (C=O) groups excluding carboxylic acids is 2. The Bertz CT molecular complexity index is 1240. The predicted molar refractivity (Wildman–Crippen MR) is 132 cm³/mol. The van der Waals surface area contributed by atoms with Crippen LogP contribution < -0.4 is 16.2 Å². The first-order valence-corrected chi connectivity index (χ1v) is 11.5. The van der Waals surface area contributed by atoms with Crippen LogP contribution in [0.2, 0.25) is 5.02 Å². The van der Waals surface area contributed by atoms with Crippen molar-refractivity contribution in [3.05, 3.63) is 71.3 Å². The van der Waals surface area contributed by atoms with E-state index in [1.54, 1.807) is 58.1 Å². The molecule has 0 aliphatic carbocycles. The Labute approximate surface area is 206 Å². The smallest absolute Gasteiger partial charge is 0.254 e. The van der Waals surface area contributed by atoms with Gasteiger partial charge in [-0.25, -0.2) is 9.07 Å². The van der Waals surface area contributed by atoms with Crippen molar-refractivity contribution in [2.45, 2.75) is 18.9 Å². The van der Waals surface area contributed by atoms with Gasteiger partial charge in [-0.05, 0) is 67.4 Å². The molecule has 1 atom stereocenters. The summed E-state index contributed by atoms with van der Waals surface area (Å²) in [6.07, 6.45) is 3.84. The van der Waals surface area contributed by atoms with E-state index in [4.69, 9.17) is 27.8 Å². The molecule has 10 heteroatoms. The number of alkyl halides is 1. The standard InChI is InChI=1S/C25H25ClFN5O3/c26-17-7-11-20(12-8-17)35-19-9-5-16(6-10-19)23-22(25(29)34)24(28)32(30-23)18-3-2-14-31(15-18)21(33)4-1-13-27/h1,4-12,18H,2-3,13-15,28H2,(H2,29,34)/t18-/m1/s1. The SMILES string of the molecule is NC(=O)c1c(-c2ccc(Oc3ccc(Cl)cc3)cc2)nn([C@@H]2CCCN(C(=O)C=CCF)C2)c1N. The van der Waals surface area contributed by atoms with E-state index >= 15 is 0 Å². The highest BCUT2D eigenvalue weighted by Gasteiger charge is 2.29. The molecule has 3 aromatic rings. The lowest BCUT2D eigenvalue weighted by atomic mass is 10.1. The van der Waals surface area contributed by atoms with Crippen LogP contribution in [-0.2, 0) is 4.79 Å². The van der Waals surface area contributed by atoms with Crippen molar-refractivity contribution < 1.29 is 18.7 Å². The largest absolute Gasteiger partial charge is 0.457 e. The van der Waals surface area contributed by atoms with E-state index in [2.05, 4.69) is 5.10 Å². The maximum atomic E-state index is 12.4. The Morgan fingerprint density at radius 3 is 2.43 bits per heavy atom. The minimum Gasteiger partial charge on any atom is -0.457 e. The van der Waals surface area contributed by atoms with Gasteiger partial charge < -0.3 is 21.1 Å². The number of ether oxygens (including phenoxy) is 1. The molecule has 2 amide bonds. The number of likely N-dealkylation sites (tertiary alicyclic amines) is 1. The quantitative estimate of drug-likeness (QED) is 0.470. The molecule has 1 aromatic heterocycles. The molecule has 2 aromatic carbocycles. The van der Waals surface area contributed by atoms with Crippen molar-refractivity contribution >= 4 is 29.2 Å². The van der Waals surface area contributed by atoms with Gasteiger partial charge in [0.15, 0.2) is 0 Å². The summed E-state index contributed by atoms with van der Waals surface area (Å²) >= 11 is 5.91. The Kier molecular flexibility index (Phi) is 7.36. The van der Waals surface area contributed by atoms with E-state index in [0.717, 1.165) is 6.42 Å². The monoisotopic (exact) mass is 497 g/mol. The lowest BCUT2D eigenvalue weighted by Gasteiger charge is -2.32. The zero-order chi connectivity index (χ0) is 24.9. The molecule has 4 rings (SSSR count). The number of hydrogen-bond acceptors (Lipinski definition) is 5. The van der Waals surface area contributed by atoms with Crippen LogP contribution in [0, 0.1) is 0 Å². The van der Waals surface area contributed by atoms with Crippen molar-refractivity contribution in [2.75, 3.05) is 25.5 Å². The molecule has 8 nitrogen and oxygen atoms in total. The Hall–Kier alpha value is -3.85. The summed E-state index contributed by atoms with van der Waals surface area (Å²) < 4.78 is 19.8. The summed E-state index contributed by atoms with van der Waals surface area (Å²) in [6.45, 7) is 0.189. The van der Waals surface area contributed by atoms with Crippen molar-refractivity contribution in [3.63, 3.8) is 0 Å². The molecule has 1 aliphatic rings. The van der Waals surface area contributed by atoms with Gasteiger partial charge in [0.05, 0.1) is 6.04 Å². The molecule has 4 N–H and O–H groups in total. The van der Waals surface area contributed by atoms with Gasteiger partial charge in [0.2, 0.25) is 5.91 Å². The summed E-state index contributed by atoms with van der Waals surface area (Å²) in [5.41, 5.74) is 13.1. The number of aromatic nitrogens is 2. The van der Waals surface area contributed by atoms with Crippen LogP contribution in [-0.4, -0.2) is 46.3 Å². The number of nitrogens with two attached hydrogens (primary N) is 2. The molecule has 1 fully saturated rings. The van der Waals surface area contributed by atoms with Crippen molar-refractivity contribution in [1.82, 2.24) is 14.7 Å². The number of carbonyl (C=O) groups is 2.